The molecule has 1 aromatic carbocycles. The molecule has 0 aromatic heterocycles. The van der Waals surface area contributed by atoms with E-state index >= 15 is 0 Å². The quantitative estimate of drug-likeness (QED) is 0.752. The lowest BCUT2D eigenvalue weighted by atomic mass is 10.1. The lowest BCUT2D eigenvalue weighted by Gasteiger charge is -2.23. The van der Waals surface area contributed by atoms with Crippen LogP contribution in [0.15, 0.2) is 24.3 Å². The molecule has 0 radical (unpaired) electrons. The van der Waals surface area contributed by atoms with Crippen molar-refractivity contribution in [1.82, 2.24) is 0 Å². The Labute approximate surface area is 97.8 Å². The van der Waals surface area contributed by atoms with Gasteiger partial charge in [-0.3, -0.25) is 0 Å². The summed E-state index contributed by atoms with van der Waals surface area (Å²) in [4.78, 5) is 0. The Morgan fingerprint density at radius 1 is 1.25 bits per heavy atom. The van der Waals surface area contributed by atoms with Crippen molar-refractivity contribution in [3.63, 3.8) is 0 Å². The Kier molecular flexibility index (Phi) is 5.29. The Morgan fingerprint density at radius 3 is 2.50 bits per heavy atom. The van der Waals surface area contributed by atoms with Crippen LogP contribution in [0.2, 0.25) is 0 Å². The second-order valence-corrected chi connectivity index (χ2v) is 3.83. The van der Waals surface area contributed by atoms with E-state index in [0.717, 1.165) is 12.1 Å². The summed E-state index contributed by atoms with van der Waals surface area (Å²) in [5.41, 5.74) is 2.43. The van der Waals surface area contributed by atoms with Crippen LogP contribution in [-0.4, -0.2) is 26.6 Å². The summed E-state index contributed by atoms with van der Waals surface area (Å²) in [6.07, 6.45) is 0.812. The minimum atomic E-state index is -0.231. The van der Waals surface area contributed by atoms with E-state index < -0.39 is 0 Å². The standard InChI is InChI=1S/C13H21NO2/c1-5-11-7-6-8-12(9-11)14-10(2)13(15-3)16-4/h6-10,13-14H,5H2,1-4H3. The number of rotatable bonds is 6. The van der Waals surface area contributed by atoms with Crippen molar-refractivity contribution in [2.75, 3.05) is 19.5 Å². The lowest BCUT2D eigenvalue weighted by molar-refractivity contribution is -0.109. The molecule has 1 rings (SSSR count). The maximum Gasteiger partial charge on any atom is 0.176 e. The van der Waals surface area contributed by atoms with E-state index in [9.17, 15) is 0 Å². The van der Waals surface area contributed by atoms with Gasteiger partial charge in [0.25, 0.3) is 0 Å². The number of hydrogen-bond donors (Lipinski definition) is 1. The maximum atomic E-state index is 5.21. The van der Waals surface area contributed by atoms with Crippen molar-refractivity contribution in [3.05, 3.63) is 29.8 Å². The molecule has 0 spiro atoms. The van der Waals surface area contributed by atoms with Crippen LogP contribution in [-0.2, 0) is 15.9 Å². The number of aryl methyl sites for hydroxylation is 1. The first-order valence-electron chi connectivity index (χ1n) is 5.62. The number of hydrogen-bond acceptors (Lipinski definition) is 3. The van der Waals surface area contributed by atoms with Gasteiger partial charge in [0.05, 0.1) is 6.04 Å². The minimum absolute atomic E-state index is 0.113. The van der Waals surface area contributed by atoms with Crippen molar-refractivity contribution < 1.29 is 9.47 Å². The summed E-state index contributed by atoms with van der Waals surface area (Å²) in [6, 6.07) is 8.50. The molecule has 3 heteroatoms. The molecule has 0 aliphatic heterocycles. The van der Waals surface area contributed by atoms with E-state index in [-0.39, 0.29) is 12.3 Å². The van der Waals surface area contributed by atoms with Gasteiger partial charge in [0.2, 0.25) is 0 Å². The normalized spacial score (nSPS) is 12.8. The SMILES string of the molecule is CCc1cccc(NC(C)C(OC)OC)c1. The lowest BCUT2D eigenvalue weighted by Crippen LogP contribution is -2.33. The predicted molar refractivity (Wildman–Crippen MR) is 66.7 cm³/mol. The van der Waals surface area contributed by atoms with Crippen molar-refractivity contribution in [2.45, 2.75) is 32.6 Å². The van der Waals surface area contributed by atoms with Crippen LogP contribution in [0, 0.1) is 0 Å². The number of benzene rings is 1. The molecule has 1 aromatic rings. The fourth-order valence-corrected chi connectivity index (χ4v) is 1.72. The summed E-state index contributed by atoms with van der Waals surface area (Å²) in [5.74, 6) is 0. The van der Waals surface area contributed by atoms with Crippen molar-refractivity contribution in [3.8, 4) is 0 Å². The Bertz CT molecular complexity index is 311. The average Bonchev–Trinajstić information content (AvgIpc) is 2.31. The van der Waals surface area contributed by atoms with E-state index in [1.54, 1.807) is 14.2 Å². The zero-order valence-corrected chi connectivity index (χ0v) is 10.5. The first-order valence-corrected chi connectivity index (χ1v) is 5.62. The number of methoxy groups -OCH3 is 2. The van der Waals surface area contributed by atoms with Crippen LogP contribution in [0.3, 0.4) is 0 Å². The Morgan fingerprint density at radius 2 is 1.94 bits per heavy atom. The van der Waals surface area contributed by atoms with Gasteiger partial charge in [-0.2, -0.15) is 0 Å². The van der Waals surface area contributed by atoms with Gasteiger partial charge in [0, 0.05) is 19.9 Å². The zero-order chi connectivity index (χ0) is 12.0. The Hall–Kier alpha value is -1.06. The molecule has 0 saturated carbocycles. The molecule has 0 heterocycles. The van der Waals surface area contributed by atoms with Gasteiger partial charge in [-0.15, -0.1) is 0 Å². The molecule has 0 aliphatic carbocycles. The molecule has 1 atom stereocenters. The summed E-state index contributed by atoms with van der Waals surface area (Å²) >= 11 is 0. The molecule has 1 N–H and O–H groups in total. The second-order valence-electron chi connectivity index (χ2n) is 3.83. The fraction of sp³-hybridized carbons (Fsp3) is 0.538. The topological polar surface area (TPSA) is 30.5 Å². The van der Waals surface area contributed by atoms with E-state index in [0.29, 0.717) is 0 Å². The molecule has 0 amide bonds. The fourth-order valence-electron chi connectivity index (χ4n) is 1.72. The summed E-state index contributed by atoms with van der Waals surface area (Å²) in [7, 11) is 3.30. The van der Waals surface area contributed by atoms with Crippen LogP contribution in [0.5, 0.6) is 0 Å². The second kappa shape index (κ2) is 6.51. The molecule has 0 saturated heterocycles. The van der Waals surface area contributed by atoms with Gasteiger partial charge in [-0.1, -0.05) is 19.1 Å². The van der Waals surface area contributed by atoms with Crippen LogP contribution in [0.1, 0.15) is 19.4 Å². The molecular formula is C13H21NO2. The smallest absolute Gasteiger partial charge is 0.176 e. The van der Waals surface area contributed by atoms with Crippen LogP contribution >= 0.6 is 0 Å². The summed E-state index contributed by atoms with van der Waals surface area (Å²) < 4.78 is 10.4. The minimum Gasteiger partial charge on any atom is -0.377 e. The number of nitrogens with one attached hydrogen (secondary N) is 1. The van der Waals surface area contributed by atoms with E-state index in [1.807, 2.05) is 6.92 Å². The first kappa shape index (κ1) is 13.0. The third-order valence-electron chi connectivity index (χ3n) is 2.60. The van der Waals surface area contributed by atoms with Crippen LogP contribution < -0.4 is 5.32 Å². The number of ether oxygens (including phenoxy) is 2. The van der Waals surface area contributed by atoms with Gasteiger partial charge < -0.3 is 14.8 Å². The molecule has 16 heavy (non-hydrogen) atoms. The molecule has 0 aliphatic rings. The van der Waals surface area contributed by atoms with E-state index in [1.165, 1.54) is 5.56 Å². The molecule has 1 unspecified atom stereocenters. The zero-order valence-electron chi connectivity index (χ0n) is 10.5. The summed E-state index contributed by atoms with van der Waals surface area (Å²) in [5, 5.41) is 3.37. The number of anilines is 1. The largest absolute Gasteiger partial charge is 0.377 e. The monoisotopic (exact) mass is 223 g/mol. The highest BCUT2D eigenvalue weighted by Crippen LogP contribution is 2.14. The molecule has 90 valence electrons. The highest BCUT2D eigenvalue weighted by Gasteiger charge is 2.15. The maximum absolute atomic E-state index is 5.21. The van der Waals surface area contributed by atoms with Crippen molar-refractivity contribution in [2.24, 2.45) is 0 Å². The van der Waals surface area contributed by atoms with E-state index in [4.69, 9.17) is 9.47 Å². The summed E-state index contributed by atoms with van der Waals surface area (Å²) in [6.45, 7) is 4.19. The van der Waals surface area contributed by atoms with Gasteiger partial charge >= 0.3 is 0 Å². The van der Waals surface area contributed by atoms with Crippen molar-refractivity contribution in [1.29, 1.82) is 0 Å². The van der Waals surface area contributed by atoms with Crippen LogP contribution in [0.4, 0.5) is 5.69 Å². The van der Waals surface area contributed by atoms with Gasteiger partial charge in [-0.05, 0) is 31.0 Å². The van der Waals surface area contributed by atoms with E-state index in [2.05, 4.69) is 36.5 Å². The Balaban J connectivity index is 2.64. The third-order valence-corrected chi connectivity index (χ3v) is 2.60. The average molecular weight is 223 g/mol. The molecular weight excluding hydrogens is 202 g/mol. The molecule has 0 fully saturated rings. The van der Waals surface area contributed by atoms with Crippen LogP contribution in [0.25, 0.3) is 0 Å². The van der Waals surface area contributed by atoms with Gasteiger partial charge in [-0.25, -0.2) is 0 Å². The first-order chi connectivity index (χ1) is 7.71. The molecule has 3 nitrogen and oxygen atoms in total. The molecule has 0 bridgehead atoms. The van der Waals surface area contributed by atoms with Gasteiger partial charge in [0.1, 0.15) is 0 Å². The highest BCUT2D eigenvalue weighted by molar-refractivity contribution is 5.46. The highest BCUT2D eigenvalue weighted by atomic mass is 16.7. The predicted octanol–water partition coefficient (Wildman–Crippen LogP) is 2.67. The van der Waals surface area contributed by atoms with Crippen molar-refractivity contribution >= 4 is 5.69 Å². The van der Waals surface area contributed by atoms with Gasteiger partial charge in [0.15, 0.2) is 6.29 Å². The third kappa shape index (κ3) is 3.51.